The lowest BCUT2D eigenvalue weighted by atomic mass is 10.0. The molecule has 4 rings (SSSR count). The maximum atomic E-state index is 13.0. The van der Waals surface area contributed by atoms with Crippen molar-refractivity contribution in [3.05, 3.63) is 52.6 Å². The first kappa shape index (κ1) is 20.6. The number of nitrogens with zero attached hydrogens (tertiary/aromatic N) is 5. The van der Waals surface area contributed by atoms with Crippen LogP contribution in [-0.2, 0) is 17.1 Å². The van der Waals surface area contributed by atoms with E-state index in [9.17, 15) is 17.6 Å². The zero-order chi connectivity index (χ0) is 21.3. The average Bonchev–Trinajstić information content (AvgIpc) is 3.40. The van der Waals surface area contributed by atoms with Crippen LogP contribution in [0.4, 0.5) is 10.1 Å². The summed E-state index contributed by atoms with van der Waals surface area (Å²) in [5, 5.41) is 11.5. The lowest BCUT2D eigenvalue weighted by molar-refractivity contribution is 0.102. The van der Waals surface area contributed by atoms with Crippen molar-refractivity contribution in [3.8, 4) is 0 Å². The highest BCUT2D eigenvalue weighted by Crippen LogP contribution is 2.31. The molecule has 0 radical (unpaired) electrons. The van der Waals surface area contributed by atoms with Crippen molar-refractivity contribution in [3.63, 3.8) is 0 Å². The first-order chi connectivity index (χ1) is 14.3. The van der Waals surface area contributed by atoms with Gasteiger partial charge >= 0.3 is 0 Å². The molecule has 30 heavy (non-hydrogen) atoms. The number of imidazole rings is 1. The predicted octanol–water partition coefficient (Wildman–Crippen LogP) is 2.23. The molecule has 1 aliphatic heterocycles. The molecule has 1 aromatic carbocycles. The summed E-state index contributed by atoms with van der Waals surface area (Å²) in [5.41, 5.74) is 0.448. The van der Waals surface area contributed by atoms with Crippen LogP contribution in [-0.4, -0.2) is 51.5 Å². The summed E-state index contributed by atoms with van der Waals surface area (Å²) < 4.78 is 41.7. The number of sulfonamides is 1. The molecular weight excluding hydrogens is 431 g/mol. The Balaban J connectivity index is 1.46. The van der Waals surface area contributed by atoms with Gasteiger partial charge in [0.25, 0.3) is 15.9 Å². The molecule has 158 valence electrons. The van der Waals surface area contributed by atoms with Crippen LogP contribution in [0.25, 0.3) is 0 Å². The van der Waals surface area contributed by atoms with Gasteiger partial charge in [0.15, 0.2) is 5.03 Å². The Morgan fingerprint density at radius 2 is 2.03 bits per heavy atom. The van der Waals surface area contributed by atoms with Gasteiger partial charge in [-0.3, -0.25) is 4.79 Å². The van der Waals surface area contributed by atoms with Crippen molar-refractivity contribution in [1.29, 1.82) is 0 Å². The number of hydrogen-bond donors (Lipinski definition) is 1. The van der Waals surface area contributed by atoms with Crippen LogP contribution in [0.5, 0.6) is 0 Å². The van der Waals surface area contributed by atoms with E-state index in [1.807, 2.05) is 0 Å². The minimum absolute atomic E-state index is 0.0160. The minimum Gasteiger partial charge on any atom is -0.339 e. The van der Waals surface area contributed by atoms with Crippen LogP contribution in [0.1, 0.15) is 33.6 Å². The molecule has 3 heterocycles. The van der Waals surface area contributed by atoms with E-state index >= 15 is 0 Å². The zero-order valence-electron chi connectivity index (χ0n) is 16.0. The van der Waals surface area contributed by atoms with E-state index in [-0.39, 0.29) is 22.5 Å². The standard InChI is InChI=1S/C18H19FN6O3S2/c1-24-10-15(20-11-24)30(27,28)25-8-2-3-12(9-25)17-22-23-18(29-17)16(26)21-14-6-4-13(19)5-7-14/h4-7,10-12H,2-3,8-9H2,1H3,(H,21,26)/t12-/m0/s1. The number of amides is 1. The van der Waals surface area contributed by atoms with E-state index in [0.717, 1.165) is 17.8 Å². The largest absolute Gasteiger partial charge is 0.339 e. The molecule has 1 fully saturated rings. The maximum Gasteiger partial charge on any atom is 0.286 e. The molecule has 0 spiro atoms. The third-order valence-corrected chi connectivity index (χ3v) is 7.59. The van der Waals surface area contributed by atoms with Gasteiger partial charge < -0.3 is 9.88 Å². The van der Waals surface area contributed by atoms with Crippen molar-refractivity contribution in [1.82, 2.24) is 24.1 Å². The predicted molar refractivity (Wildman–Crippen MR) is 108 cm³/mol. The molecule has 12 heteroatoms. The Morgan fingerprint density at radius 3 is 2.73 bits per heavy atom. The van der Waals surface area contributed by atoms with Crippen molar-refractivity contribution in [2.45, 2.75) is 23.8 Å². The highest BCUT2D eigenvalue weighted by atomic mass is 32.2. The normalized spacial score (nSPS) is 17.7. The number of aromatic nitrogens is 4. The van der Waals surface area contributed by atoms with E-state index in [1.54, 1.807) is 11.6 Å². The Labute approximate surface area is 176 Å². The van der Waals surface area contributed by atoms with E-state index in [1.165, 1.54) is 41.1 Å². The highest BCUT2D eigenvalue weighted by Gasteiger charge is 2.34. The summed E-state index contributed by atoms with van der Waals surface area (Å²) in [6, 6.07) is 5.41. The molecule has 0 aliphatic carbocycles. The number of carbonyl (C=O) groups is 1. The third-order valence-electron chi connectivity index (χ3n) is 4.76. The fourth-order valence-corrected chi connectivity index (χ4v) is 5.58. The zero-order valence-corrected chi connectivity index (χ0v) is 17.7. The molecule has 1 aliphatic rings. The Morgan fingerprint density at radius 1 is 1.27 bits per heavy atom. The SMILES string of the molecule is Cn1cnc(S(=O)(=O)N2CCC[C@H](c3nnc(C(=O)Nc4ccc(F)cc4)s3)C2)c1. The van der Waals surface area contributed by atoms with E-state index in [4.69, 9.17) is 0 Å². The smallest absolute Gasteiger partial charge is 0.286 e. The maximum absolute atomic E-state index is 13.0. The van der Waals surface area contributed by atoms with Crippen molar-refractivity contribution in [2.75, 3.05) is 18.4 Å². The first-order valence-corrected chi connectivity index (χ1v) is 11.5. The number of hydrogen-bond acceptors (Lipinski definition) is 7. The van der Waals surface area contributed by atoms with Crippen LogP contribution >= 0.6 is 11.3 Å². The highest BCUT2D eigenvalue weighted by molar-refractivity contribution is 7.89. The van der Waals surface area contributed by atoms with Gasteiger partial charge in [-0.05, 0) is 37.1 Å². The topological polar surface area (TPSA) is 110 Å². The Kier molecular flexibility index (Phi) is 5.62. The number of nitrogens with one attached hydrogen (secondary N) is 1. The molecule has 1 saturated heterocycles. The fraction of sp³-hybridized carbons (Fsp3) is 0.333. The summed E-state index contributed by atoms with van der Waals surface area (Å²) in [7, 11) is -1.97. The van der Waals surface area contributed by atoms with Gasteiger partial charge in [0.05, 0.1) is 6.33 Å². The quantitative estimate of drug-likeness (QED) is 0.638. The molecule has 0 bridgehead atoms. The molecule has 0 unspecified atom stereocenters. The molecule has 0 saturated carbocycles. The van der Waals surface area contributed by atoms with Crippen molar-refractivity contribution < 1.29 is 17.6 Å². The van der Waals surface area contributed by atoms with Crippen molar-refractivity contribution >= 4 is 33.0 Å². The summed E-state index contributed by atoms with van der Waals surface area (Å²) in [6.45, 7) is 0.666. The number of piperidine rings is 1. The number of rotatable bonds is 5. The van der Waals surface area contributed by atoms with E-state index < -0.39 is 21.7 Å². The number of anilines is 1. The number of halogens is 1. The summed E-state index contributed by atoms with van der Waals surface area (Å²) in [4.78, 5) is 16.4. The first-order valence-electron chi connectivity index (χ1n) is 9.21. The molecule has 3 aromatic rings. The molecular formula is C18H19FN6O3S2. The number of benzene rings is 1. The van der Waals surface area contributed by atoms with Crippen LogP contribution < -0.4 is 5.32 Å². The van der Waals surface area contributed by atoms with Gasteiger partial charge in [0, 0.05) is 37.9 Å². The third kappa shape index (κ3) is 4.25. The fourth-order valence-electron chi connectivity index (χ4n) is 3.23. The van der Waals surface area contributed by atoms with Crippen LogP contribution in [0, 0.1) is 5.82 Å². The van der Waals surface area contributed by atoms with Crippen molar-refractivity contribution in [2.24, 2.45) is 7.05 Å². The summed E-state index contributed by atoms with van der Waals surface area (Å²) in [6.07, 6.45) is 4.35. The number of carbonyl (C=O) groups excluding carboxylic acids is 1. The second-order valence-corrected chi connectivity index (χ2v) is 9.88. The monoisotopic (exact) mass is 450 g/mol. The van der Waals surface area contributed by atoms with Crippen LogP contribution in [0.2, 0.25) is 0 Å². The summed E-state index contributed by atoms with van der Waals surface area (Å²) in [5.74, 6) is -0.991. The number of aryl methyl sites for hydroxylation is 1. The summed E-state index contributed by atoms with van der Waals surface area (Å²) >= 11 is 1.13. The molecule has 1 amide bonds. The second-order valence-electron chi connectivity index (χ2n) is 6.99. The lowest BCUT2D eigenvalue weighted by Gasteiger charge is -2.30. The van der Waals surface area contributed by atoms with E-state index in [0.29, 0.717) is 23.7 Å². The molecule has 1 N–H and O–H groups in total. The molecule has 1 atom stereocenters. The van der Waals surface area contributed by atoms with Gasteiger partial charge in [-0.1, -0.05) is 11.3 Å². The van der Waals surface area contributed by atoms with E-state index in [2.05, 4.69) is 20.5 Å². The van der Waals surface area contributed by atoms with Gasteiger partial charge in [-0.2, -0.15) is 4.31 Å². The van der Waals surface area contributed by atoms with Crippen LogP contribution in [0.15, 0.2) is 41.8 Å². The Bertz CT molecular complexity index is 1160. The van der Waals surface area contributed by atoms with Gasteiger partial charge in [-0.25, -0.2) is 17.8 Å². The van der Waals surface area contributed by atoms with Gasteiger partial charge in [0.1, 0.15) is 10.8 Å². The Hall–Kier alpha value is -2.70. The minimum atomic E-state index is -3.69. The van der Waals surface area contributed by atoms with Gasteiger partial charge in [-0.15, -0.1) is 10.2 Å². The molecule has 2 aromatic heterocycles. The lowest BCUT2D eigenvalue weighted by Crippen LogP contribution is -2.39. The second kappa shape index (κ2) is 8.20. The average molecular weight is 451 g/mol. The van der Waals surface area contributed by atoms with Gasteiger partial charge in [0.2, 0.25) is 5.01 Å². The van der Waals surface area contributed by atoms with Crippen LogP contribution in [0.3, 0.4) is 0 Å². The molecule has 9 nitrogen and oxygen atoms in total.